The van der Waals surface area contributed by atoms with Crippen molar-refractivity contribution in [3.05, 3.63) is 42.0 Å². The summed E-state index contributed by atoms with van der Waals surface area (Å²) in [6, 6.07) is 13.4. The summed E-state index contributed by atoms with van der Waals surface area (Å²) in [5.74, 6) is 0.913. The first-order valence-electron chi connectivity index (χ1n) is 6.76. The molecule has 3 rings (SSSR count). The Hall–Kier alpha value is -1.58. The van der Waals surface area contributed by atoms with Crippen molar-refractivity contribution < 1.29 is 4.74 Å². The average Bonchev–Trinajstić information content (AvgIpc) is 2.46. The molecule has 0 amide bonds. The highest BCUT2D eigenvalue weighted by molar-refractivity contribution is 5.84. The van der Waals surface area contributed by atoms with Crippen LogP contribution in [-0.4, -0.2) is 38.7 Å². The lowest BCUT2D eigenvalue weighted by Crippen LogP contribution is -2.43. The minimum atomic E-state index is 0.435. The van der Waals surface area contributed by atoms with Gasteiger partial charge in [-0.2, -0.15) is 0 Å². The fourth-order valence-electron chi connectivity index (χ4n) is 2.71. The van der Waals surface area contributed by atoms with E-state index in [9.17, 15) is 0 Å². The molecule has 19 heavy (non-hydrogen) atoms. The largest absolute Gasteiger partial charge is 0.497 e. The van der Waals surface area contributed by atoms with Crippen LogP contribution >= 0.6 is 0 Å². The van der Waals surface area contributed by atoms with Crippen LogP contribution in [0.15, 0.2) is 36.4 Å². The normalized spacial score (nSPS) is 20.6. The monoisotopic (exact) mass is 256 g/mol. The minimum absolute atomic E-state index is 0.435. The van der Waals surface area contributed by atoms with Crippen molar-refractivity contribution in [1.29, 1.82) is 0 Å². The highest BCUT2D eigenvalue weighted by atomic mass is 16.5. The maximum Gasteiger partial charge on any atom is 0.119 e. The molecule has 2 aromatic carbocycles. The van der Waals surface area contributed by atoms with Crippen molar-refractivity contribution in [1.82, 2.24) is 10.2 Å². The second kappa shape index (κ2) is 5.19. The van der Waals surface area contributed by atoms with Gasteiger partial charge in [-0.1, -0.05) is 18.2 Å². The smallest absolute Gasteiger partial charge is 0.119 e. The van der Waals surface area contributed by atoms with Gasteiger partial charge in [-0.25, -0.2) is 0 Å². The molecule has 0 bridgehead atoms. The molecule has 1 fully saturated rings. The van der Waals surface area contributed by atoms with Crippen LogP contribution in [0.3, 0.4) is 0 Å². The number of piperazine rings is 1. The molecule has 1 atom stereocenters. The third kappa shape index (κ3) is 2.57. The molecule has 0 aromatic heterocycles. The van der Waals surface area contributed by atoms with E-state index in [1.54, 1.807) is 7.11 Å². The van der Waals surface area contributed by atoms with E-state index in [0.717, 1.165) is 25.4 Å². The molecule has 3 heteroatoms. The topological polar surface area (TPSA) is 24.5 Å². The molecular weight excluding hydrogens is 236 g/mol. The van der Waals surface area contributed by atoms with E-state index in [1.165, 1.54) is 16.3 Å². The van der Waals surface area contributed by atoms with Crippen molar-refractivity contribution >= 4 is 10.8 Å². The predicted octanol–water partition coefficient (Wildman–Crippen LogP) is 2.42. The number of fused-ring (bicyclic) bond motifs is 1. The highest BCUT2D eigenvalue weighted by Gasteiger charge is 2.18. The first-order chi connectivity index (χ1) is 9.26. The van der Waals surface area contributed by atoms with Gasteiger partial charge in [0.05, 0.1) is 7.11 Å². The fourth-order valence-corrected chi connectivity index (χ4v) is 2.71. The zero-order valence-electron chi connectivity index (χ0n) is 11.5. The number of nitrogens with zero attached hydrogens (tertiary/aromatic N) is 1. The van der Waals surface area contributed by atoms with Gasteiger partial charge in [0.15, 0.2) is 0 Å². The number of benzene rings is 2. The summed E-state index contributed by atoms with van der Waals surface area (Å²) >= 11 is 0. The Labute approximate surface area is 114 Å². The van der Waals surface area contributed by atoms with E-state index in [4.69, 9.17) is 4.74 Å². The quantitative estimate of drug-likeness (QED) is 0.893. The lowest BCUT2D eigenvalue weighted by molar-refractivity contribution is 0.241. The van der Waals surface area contributed by atoms with E-state index in [0.29, 0.717) is 6.04 Å². The second-order valence-electron chi connectivity index (χ2n) is 5.24. The predicted molar refractivity (Wildman–Crippen MR) is 78.7 cm³/mol. The first kappa shape index (κ1) is 12.5. The molecule has 0 saturated carbocycles. The lowest BCUT2D eigenvalue weighted by atomic mass is 10.0. The molecule has 0 aliphatic carbocycles. The van der Waals surface area contributed by atoms with Crippen LogP contribution in [0.4, 0.5) is 0 Å². The van der Waals surface area contributed by atoms with Crippen LogP contribution in [0.5, 0.6) is 5.75 Å². The molecule has 1 heterocycles. The van der Waals surface area contributed by atoms with Gasteiger partial charge in [0.2, 0.25) is 0 Å². The van der Waals surface area contributed by atoms with Crippen LogP contribution in [-0.2, 0) is 0 Å². The van der Waals surface area contributed by atoms with Gasteiger partial charge in [-0.05, 0) is 41.6 Å². The Morgan fingerprint density at radius 2 is 1.95 bits per heavy atom. The van der Waals surface area contributed by atoms with Crippen molar-refractivity contribution in [2.45, 2.75) is 6.04 Å². The van der Waals surface area contributed by atoms with Gasteiger partial charge in [0.1, 0.15) is 5.75 Å². The Kier molecular flexibility index (Phi) is 3.40. The number of rotatable bonds is 2. The number of ether oxygens (including phenoxy) is 1. The van der Waals surface area contributed by atoms with Gasteiger partial charge in [0.25, 0.3) is 0 Å². The molecular formula is C16H20N2O. The van der Waals surface area contributed by atoms with Crippen molar-refractivity contribution in [3.8, 4) is 5.75 Å². The molecule has 2 aromatic rings. The summed E-state index contributed by atoms with van der Waals surface area (Å²) in [5.41, 5.74) is 1.37. The zero-order chi connectivity index (χ0) is 13.2. The van der Waals surface area contributed by atoms with Crippen molar-refractivity contribution in [2.75, 3.05) is 33.8 Å². The maximum atomic E-state index is 5.26. The number of methoxy groups -OCH3 is 1. The number of hydrogen-bond donors (Lipinski definition) is 1. The van der Waals surface area contributed by atoms with E-state index < -0.39 is 0 Å². The molecule has 1 aliphatic rings. The Morgan fingerprint density at radius 1 is 1.16 bits per heavy atom. The summed E-state index contributed by atoms with van der Waals surface area (Å²) in [4.78, 5) is 2.37. The Bertz CT molecular complexity index is 582. The van der Waals surface area contributed by atoms with Gasteiger partial charge >= 0.3 is 0 Å². The molecule has 1 N–H and O–H groups in total. The van der Waals surface area contributed by atoms with Crippen molar-refractivity contribution in [2.24, 2.45) is 0 Å². The molecule has 100 valence electrons. The molecule has 1 unspecified atom stereocenters. The third-order valence-corrected chi connectivity index (χ3v) is 3.85. The van der Waals surface area contributed by atoms with E-state index in [1.807, 2.05) is 6.07 Å². The number of nitrogens with one attached hydrogen (secondary N) is 1. The van der Waals surface area contributed by atoms with Gasteiger partial charge in [-0.15, -0.1) is 0 Å². The average molecular weight is 256 g/mol. The lowest BCUT2D eigenvalue weighted by Gasteiger charge is -2.31. The third-order valence-electron chi connectivity index (χ3n) is 3.85. The summed E-state index contributed by atoms with van der Waals surface area (Å²) < 4.78 is 5.26. The summed E-state index contributed by atoms with van der Waals surface area (Å²) in [7, 11) is 3.89. The van der Waals surface area contributed by atoms with Crippen LogP contribution in [0.1, 0.15) is 11.6 Å². The van der Waals surface area contributed by atoms with E-state index >= 15 is 0 Å². The van der Waals surface area contributed by atoms with E-state index in [2.05, 4.69) is 47.6 Å². The van der Waals surface area contributed by atoms with Crippen LogP contribution in [0.2, 0.25) is 0 Å². The summed E-state index contributed by atoms with van der Waals surface area (Å²) in [6.07, 6.45) is 0. The summed E-state index contributed by atoms with van der Waals surface area (Å²) in [5, 5.41) is 6.09. The van der Waals surface area contributed by atoms with Gasteiger partial charge in [0, 0.05) is 25.7 Å². The van der Waals surface area contributed by atoms with Gasteiger partial charge < -0.3 is 15.0 Å². The SMILES string of the molecule is COc1ccc2cc(C3CN(C)CCN3)ccc2c1. The van der Waals surface area contributed by atoms with E-state index in [-0.39, 0.29) is 0 Å². The fraction of sp³-hybridized carbons (Fsp3) is 0.375. The second-order valence-corrected chi connectivity index (χ2v) is 5.24. The standard InChI is InChI=1S/C16H20N2O/c1-18-8-7-17-16(11-18)14-4-3-13-10-15(19-2)6-5-12(13)9-14/h3-6,9-10,16-17H,7-8,11H2,1-2H3. The van der Waals surface area contributed by atoms with Gasteiger partial charge in [-0.3, -0.25) is 0 Å². The Morgan fingerprint density at radius 3 is 2.74 bits per heavy atom. The van der Waals surface area contributed by atoms with Crippen molar-refractivity contribution in [3.63, 3.8) is 0 Å². The minimum Gasteiger partial charge on any atom is -0.497 e. The highest BCUT2D eigenvalue weighted by Crippen LogP contribution is 2.25. The van der Waals surface area contributed by atoms with Crippen LogP contribution in [0.25, 0.3) is 10.8 Å². The molecule has 3 nitrogen and oxygen atoms in total. The van der Waals surface area contributed by atoms with Crippen LogP contribution < -0.4 is 10.1 Å². The maximum absolute atomic E-state index is 5.26. The molecule has 1 aliphatic heterocycles. The molecule has 1 saturated heterocycles. The Balaban J connectivity index is 1.93. The molecule has 0 radical (unpaired) electrons. The number of hydrogen-bond acceptors (Lipinski definition) is 3. The summed E-state index contributed by atoms with van der Waals surface area (Å²) in [6.45, 7) is 3.25. The molecule has 0 spiro atoms. The first-order valence-corrected chi connectivity index (χ1v) is 6.76. The number of likely N-dealkylation sites (N-methyl/N-ethyl adjacent to an activating group) is 1. The van der Waals surface area contributed by atoms with Crippen LogP contribution in [0, 0.1) is 0 Å². The zero-order valence-corrected chi connectivity index (χ0v) is 11.5.